The third kappa shape index (κ3) is 4.47. The van der Waals surface area contributed by atoms with Gasteiger partial charge in [-0.3, -0.25) is 14.6 Å². The fourth-order valence-corrected chi connectivity index (χ4v) is 4.80. The van der Waals surface area contributed by atoms with Crippen LogP contribution in [0.2, 0.25) is 0 Å². The Kier molecular flexibility index (Phi) is 5.83. The summed E-state index contributed by atoms with van der Waals surface area (Å²) in [6.45, 7) is 5.31. The van der Waals surface area contributed by atoms with Crippen LogP contribution in [0, 0.1) is 19.8 Å². The van der Waals surface area contributed by atoms with Gasteiger partial charge >= 0.3 is 0 Å². The van der Waals surface area contributed by atoms with Crippen molar-refractivity contribution < 1.29 is 9.59 Å². The molecule has 1 aliphatic carbocycles. The van der Waals surface area contributed by atoms with Crippen molar-refractivity contribution in [1.29, 1.82) is 0 Å². The number of fused-ring (bicyclic) bond motifs is 1. The van der Waals surface area contributed by atoms with Crippen LogP contribution in [0.15, 0.2) is 30.6 Å². The monoisotopic (exact) mass is 446 g/mol. The van der Waals surface area contributed by atoms with Crippen molar-refractivity contribution in [1.82, 2.24) is 29.8 Å². The third-order valence-electron chi connectivity index (χ3n) is 6.80. The molecule has 1 aliphatic heterocycles. The van der Waals surface area contributed by atoms with Gasteiger partial charge in [0.05, 0.1) is 11.7 Å². The second kappa shape index (κ2) is 8.92. The summed E-state index contributed by atoms with van der Waals surface area (Å²) < 4.78 is 1.88. The first kappa shape index (κ1) is 21.6. The number of likely N-dealkylation sites (tertiary alicyclic amines) is 1. The number of hydrogen-bond acceptors (Lipinski definition) is 5. The van der Waals surface area contributed by atoms with Crippen LogP contribution < -0.4 is 5.32 Å². The van der Waals surface area contributed by atoms with E-state index >= 15 is 0 Å². The van der Waals surface area contributed by atoms with Crippen LogP contribution in [0.25, 0.3) is 5.65 Å². The fourth-order valence-electron chi connectivity index (χ4n) is 4.80. The van der Waals surface area contributed by atoms with Gasteiger partial charge in [-0.1, -0.05) is 6.07 Å². The second-order valence-electron chi connectivity index (χ2n) is 9.20. The zero-order chi connectivity index (χ0) is 22.9. The Morgan fingerprint density at radius 2 is 2.06 bits per heavy atom. The summed E-state index contributed by atoms with van der Waals surface area (Å²) in [5, 5.41) is 7.82. The number of hydrogen-bond donors (Lipinski definition) is 1. The van der Waals surface area contributed by atoms with E-state index in [1.54, 1.807) is 12.4 Å². The fraction of sp³-hybridized carbons (Fsp3) is 0.480. The van der Waals surface area contributed by atoms with Gasteiger partial charge in [0.15, 0.2) is 5.65 Å². The highest BCUT2D eigenvalue weighted by Gasteiger charge is 2.39. The number of aromatic nitrogens is 4. The Balaban J connectivity index is 1.30. The molecule has 8 heteroatoms. The zero-order valence-corrected chi connectivity index (χ0v) is 19.3. The lowest BCUT2D eigenvalue weighted by Gasteiger charge is -2.23. The Labute approximate surface area is 193 Å². The summed E-state index contributed by atoms with van der Waals surface area (Å²) in [4.78, 5) is 36.0. The highest BCUT2D eigenvalue weighted by Crippen LogP contribution is 2.38. The predicted octanol–water partition coefficient (Wildman–Crippen LogP) is 3.06. The van der Waals surface area contributed by atoms with E-state index in [2.05, 4.69) is 10.3 Å². The molecule has 0 bridgehead atoms. The molecule has 0 aromatic carbocycles. The maximum atomic E-state index is 12.7. The van der Waals surface area contributed by atoms with Crippen molar-refractivity contribution in [3.63, 3.8) is 0 Å². The van der Waals surface area contributed by atoms with Crippen molar-refractivity contribution in [3.8, 4) is 0 Å². The first-order chi connectivity index (χ1) is 16.0. The summed E-state index contributed by atoms with van der Waals surface area (Å²) in [7, 11) is 0. The minimum atomic E-state index is -0.000842. The number of aryl methyl sites for hydroxylation is 2. The highest BCUT2D eigenvalue weighted by atomic mass is 16.2. The first-order valence-corrected chi connectivity index (χ1v) is 11.8. The molecule has 4 heterocycles. The molecule has 0 radical (unpaired) electrons. The van der Waals surface area contributed by atoms with Crippen molar-refractivity contribution in [2.45, 2.75) is 65.0 Å². The van der Waals surface area contributed by atoms with Crippen molar-refractivity contribution in [2.24, 2.45) is 5.92 Å². The predicted molar refractivity (Wildman–Crippen MR) is 123 cm³/mol. The first-order valence-electron chi connectivity index (χ1n) is 11.8. The molecule has 2 amide bonds. The SMILES string of the molecule is Cc1nc2cc([C@H]3CCCN3C(=O)C3CC3)nn2c(C)c1CCC(=O)NCc1cccnc1. The van der Waals surface area contributed by atoms with Gasteiger partial charge in [-0.05, 0) is 63.1 Å². The van der Waals surface area contributed by atoms with Crippen LogP contribution in [-0.2, 0) is 22.6 Å². The normalized spacial score (nSPS) is 18.1. The van der Waals surface area contributed by atoms with E-state index in [-0.39, 0.29) is 23.8 Å². The molecule has 33 heavy (non-hydrogen) atoms. The largest absolute Gasteiger partial charge is 0.352 e. The van der Waals surface area contributed by atoms with Gasteiger partial charge in [0, 0.05) is 55.3 Å². The van der Waals surface area contributed by atoms with E-state index in [1.807, 2.05) is 41.5 Å². The maximum absolute atomic E-state index is 12.7. The Morgan fingerprint density at radius 3 is 2.82 bits per heavy atom. The van der Waals surface area contributed by atoms with Gasteiger partial charge in [0.25, 0.3) is 0 Å². The van der Waals surface area contributed by atoms with Crippen molar-refractivity contribution >= 4 is 17.5 Å². The molecule has 8 nitrogen and oxygen atoms in total. The topological polar surface area (TPSA) is 92.5 Å². The van der Waals surface area contributed by atoms with Gasteiger partial charge in [-0.15, -0.1) is 0 Å². The average Bonchev–Trinajstić information content (AvgIpc) is 3.40. The average molecular weight is 447 g/mol. The molecule has 1 saturated carbocycles. The number of carbonyl (C=O) groups is 2. The molecule has 1 saturated heterocycles. The van der Waals surface area contributed by atoms with Crippen molar-refractivity contribution in [3.05, 3.63) is 58.8 Å². The molecule has 0 spiro atoms. The van der Waals surface area contributed by atoms with Gasteiger partial charge in [0.2, 0.25) is 11.8 Å². The van der Waals surface area contributed by atoms with E-state index in [0.717, 1.165) is 66.1 Å². The molecule has 1 atom stereocenters. The standard InChI is InChI=1S/C25H30N6O2/c1-16-20(9-10-24(32)27-15-18-5-3-11-26-14-18)17(2)31-23(28-16)13-21(29-31)22-6-4-12-30(22)25(33)19-7-8-19/h3,5,11,13-14,19,22H,4,6-10,12,15H2,1-2H3,(H,27,32)/t22-/m1/s1. The van der Waals surface area contributed by atoms with Crippen LogP contribution >= 0.6 is 0 Å². The number of rotatable bonds is 7. The zero-order valence-electron chi connectivity index (χ0n) is 19.3. The summed E-state index contributed by atoms with van der Waals surface area (Å²) in [5.74, 6) is 0.508. The smallest absolute Gasteiger partial charge is 0.226 e. The van der Waals surface area contributed by atoms with Crippen LogP contribution in [0.1, 0.15) is 66.4 Å². The molecule has 0 unspecified atom stereocenters. The summed E-state index contributed by atoms with van der Waals surface area (Å²) in [5.41, 5.74) is 5.67. The number of pyridine rings is 1. The van der Waals surface area contributed by atoms with Gasteiger partial charge < -0.3 is 10.2 Å². The van der Waals surface area contributed by atoms with Gasteiger partial charge in [-0.25, -0.2) is 9.50 Å². The quantitative estimate of drug-likeness (QED) is 0.602. The molecule has 172 valence electrons. The number of nitrogens with one attached hydrogen (secondary N) is 1. The molecular weight excluding hydrogens is 416 g/mol. The Hall–Kier alpha value is -3.29. The molecule has 5 rings (SSSR count). The summed E-state index contributed by atoms with van der Waals surface area (Å²) in [6, 6.07) is 5.87. The Morgan fingerprint density at radius 1 is 1.21 bits per heavy atom. The second-order valence-corrected chi connectivity index (χ2v) is 9.20. The minimum Gasteiger partial charge on any atom is -0.352 e. The van der Waals surface area contributed by atoms with Crippen LogP contribution in [0.3, 0.4) is 0 Å². The van der Waals surface area contributed by atoms with Gasteiger partial charge in [0.1, 0.15) is 0 Å². The molecule has 3 aromatic rings. The molecule has 2 aliphatic rings. The highest BCUT2D eigenvalue weighted by molar-refractivity contribution is 5.81. The van der Waals surface area contributed by atoms with E-state index in [9.17, 15) is 9.59 Å². The van der Waals surface area contributed by atoms with Crippen LogP contribution in [0.5, 0.6) is 0 Å². The molecule has 2 fully saturated rings. The lowest BCUT2D eigenvalue weighted by atomic mass is 10.1. The Bertz CT molecular complexity index is 1180. The third-order valence-corrected chi connectivity index (χ3v) is 6.80. The number of amides is 2. The minimum absolute atomic E-state index is 0.000842. The number of carbonyl (C=O) groups excluding carboxylic acids is 2. The van der Waals surface area contributed by atoms with Gasteiger partial charge in [-0.2, -0.15) is 5.10 Å². The van der Waals surface area contributed by atoms with Crippen molar-refractivity contribution in [2.75, 3.05) is 6.54 Å². The van der Waals surface area contributed by atoms with E-state index in [4.69, 9.17) is 10.1 Å². The summed E-state index contributed by atoms with van der Waals surface area (Å²) >= 11 is 0. The number of nitrogens with zero attached hydrogens (tertiary/aromatic N) is 5. The lowest BCUT2D eigenvalue weighted by Crippen LogP contribution is -2.31. The summed E-state index contributed by atoms with van der Waals surface area (Å²) in [6.07, 6.45) is 8.46. The van der Waals surface area contributed by atoms with E-state index < -0.39 is 0 Å². The van der Waals surface area contributed by atoms with E-state index in [1.165, 1.54) is 0 Å². The molecule has 3 aromatic heterocycles. The molecular formula is C25H30N6O2. The van der Waals surface area contributed by atoms with Crippen LogP contribution in [0.4, 0.5) is 0 Å². The lowest BCUT2D eigenvalue weighted by molar-refractivity contribution is -0.133. The van der Waals surface area contributed by atoms with Crippen LogP contribution in [-0.4, -0.2) is 42.8 Å². The maximum Gasteiger partial charge on any atom is 0.226 e. The molecule has 1 N–H and O–H groups in total. The van der Waals surface area contributed by atoms with E-state index in [0.29, 0.717) is 19.4 Å².